The van der Waals surface area contributed by atoms with E-state index in [4.69, 9.17) is 0 Å². The molecule has 4 aromatic rings. The molecule has 0 amide bonds. The van der Waals surface area contributed by atoms with Gasteiger partial charge in [-0.3, -0.25) is 0 Å². The second-order valence-electron chi connectivity index (χ2n) is 6.51. The van der Waals surface area contributed by atoms with Crippen LogP contribution in [0.15, 0.2) is 72.8 Å². The molecule has 0 fully saturated rings. The maximum absolute atomic E-state index is 10.4. The van der Waals surface area contributed by atoms with Crippen molar-refractivity contribution in [1.29, 1.82) is 0 Å². The number of aliphatic hydroxyl groups excluding tert-OH is 1. The van der Waals surface area contributed by atoms with E-state index in [1.807, 2.05) is 36.4 Å². The van der Waals surface area contributed by atoms with Gasteiger partial charge in [0.2, 0.25) is 0 Å². The Labute approximate surface area is 147 Å². The van der Waals surface area contributed by atoms with Crippen LogP contribution in [-0.4, -0.2) is 10.2 Å². The minimum absolute atomic E-state index is 0.153. The molecule has 0 aliphatic carbocycles. The van der Waals surface area contributed by atoms with Crippen molar-refractivity contribution in [2.24, 2.45) is 0 Å². The van der Waals surface area contributed by atoms with Crippen molar-refractivity contribution in [2.75, 3.05) is 0 Å². The van der Waals surface area contributed by atoms with Crippen LogP contribution in [0.4, 0.5) is 0 Å². The van der Waals surface area contributed by atoms with Gasteiger partial charge in [0.25, 0.3) is 0 Å². The lowest BCUT2D eigenvalue weighted by Gasteiger charge is -2.18. The summed E-state index contributed by atoms with van der Waals surface area (Å²) in [4.78, 5) is 0. The Bertz CT molecular complexity index is 1070. The molecule has 0 radical (unpaired) electrons. The van der Waals surface area contributed by atoms with Crippen molar-refractivity contribution in [3.63, 3.8) is 0 Å². The van der Waals surface area contributed by atoms with Crippen molar-refractivity contribution >= 4 is 21.5 Å². The minimum atomic E-state index is -0.173. The van der Waals surface area contributed by atoms with Crippen LogP contribution in [0.3, 0.4) is 0 Å². The summed E-state index contributed by atoms with van der Waals surface area (Å²) < 4.78 is 0. The molecular formula is C23H20O2. The molecule has 4 aromatic carbocycles. The monoisotopic (exact) mass is 328 g/mol. The summed E-state index contributed by atoms with van der Waals surface area (Å²) in [6.45, 7) is 2.00. The summed E-state index contributed by atoms with van der Waals surface area (Å²) in [7, 11) is 0. The summed E-state index contributed by atoms with van der Waals surface area (Å²) in [5.41, 5.74) is 2.91. The molecule has 0 spiro atoms. The summed E-state index contributed by atoms with van der Waals surface area (Å²) in [5.74, 6) is 0.327. The second-order valence-corrected chi connectivity index (χ2v) is 6.51. The third-order valence-corrected chi connectivity index (χ3v) is 5.04. The Balaban J connectivity index is 1.91. The molecule has 0 saturated carbocycles. The Morgan fingerprint density at radius 2 is 1.48 bits per heavy atom. The van der Waals surface area contributed by atoms with Gasteiger partial charge in [0.1, 0.15) is 5.75 Å². The molecule has 0 aromatic heterocycles. The van der Waals surface area contributed by atoms with E-state index < -0.39 is 0 Å². The van der Waals surface area contributed by atoms with Gasteiger partial charge in [0, 0.05) is 16.9 Å². The zero-order chi connectivity index (χ0) is 17.4. The molecule has 0 bridgehead atoms. The summed E-state index contributed by atoms with van der Waals surface area (Å²) >= 11 is 0. The van der Waals surface area contributed by atoms with Crippen molar-refractivity contribution in [1.82, 2.24) is 0 Å². The molecule has 2 heteroatoms. The van der Waals surface area contributed by atoms with Crippen molar-refractivity contribution in [3.8, 4) is 5.75 Å². The molecule has 2 N–H and O–H groups in total. The maximum Gasteiger partial charge on any atom is 0.128 e. The zero-order valence-electron chi connectivity index (χ0n) is 14.1. The van der Waals surface area contributed by atoms with Crippen molar-refractivity contribution < 1.29 is 10.2 Å². The van der Waals surface area contributed by atoms with Crippen LogP contribution < -0.4 is 0 Å². The van der Waals surface area contributed by atoms with E-state index in [1.165, 1.54) is 16.3 Å². The van der Waals surface area contributed by atoms with E-state index in [-0.39, 0.29) is 18.3 Å². The van der Waals surface area contributed by atoms with Gasteiger partial charge in [-0.15, -0.1) is 0 Å². The molecule has 4 rings (SSSR count). The highest BCUT2D eigenvalue weighted by molar-refractivity contribution is 5.93. The normalized spacial score (nSPS) is 12.6. The van der Waals surface area contributed by atoms with Gasteiger partial charge in [-0.1, -0.05) is 73.7 Å². The fourth-order valence-electron chi connectivity index (χ4n) is 3.58. The number of hydrogen-bond donors (Lipinski definition) is 2. The van der Waals surface area contributed by atoms with Crippen LogP contribution in [0.2, 0.25) is 0 Å². The summed E-state index contributed by atoms with van der Waals surface area (Å²) in [5, 5.41) is 24.3. The van der Waals surface area contributed by atoms with E-state index in [0.29, 0.717) is 5.56 Å². The Hall–Kier alpha value is -2.84. The van der Waals surface area contributed by atoms with E-state index in [1.54, 1.807) is 0 Å². The fourth-order valence-corrected chi connectivity index (χ4v) is 3.58. The third kappa shape index (κ3) is 2.65. The lowest BCUT2D eigenvalue weighted by Crippen LogP contribution is -2.00. The topological polar surface area (TPSA) is 40.5 Å². The first kappa shape index (κ1) is 15.7. The Kier molecular flexibility index (Phi) is 3.90. The largest absolute Gasteiger partial charge is 0.507 e. The molecule has 0 heterocycles. The first-order chi connectivity index (χ1) is 12.2. The number of phenols is 1. The standard InChI is InChI=1S/C23H20O2/c1-15(17-11-10-16-6-2-3-7-18(16)12-17)22-13-19(14-24)23(25)21-9-5-4-8-20(21)22/h2-13,15,24-25H,14H2,1H3. The van der Waals surface area contributed by atoms with Gasteiger partial charge < -0.3 is 10.2 Å². The molecule has 1 atom stereocenters. The van der Waals surface area contributed by atoms with Crippen LogP contribution in [0.1, 0.15) is 29.5 Å². The van der Waals surface area contributed by atoms with Gasteiger partial charge in [-0.25, -0.2) is 0 Å². The number of aliphatic hydroxyl groups is 1. The molecule has 25 heavy (non-hydrogen) atoms. The van der Waals surface area contributed by atoms with Gasteiger partial charge in [-0.05, 0) is 33.4 Å². The zero-order valence-corrected chi connectivity index (χ0v) is 14.1. The minimum Gasteiger partial charge on any atom is -0.507 e. The van der Waals surface area contributed by atoms with Crippen LogP contribution >= 0.6 is 0 Å². The summed E-state index contributed by atoms with van der Waals surface area (Å²) in [6.07, 6.45) is 0. The van der Waals surface area contributed by atoms with Gasteiger partial charge in [-0.2, -0.15) is 0 Å². The van der Waals surface area contributed by atoms with Crippen LogP contribution in [-0.2, 0) is 6.61 Å². The highest BCUT2D eigenvalue weighted by atomic mass is 16.3. The predicted molar refractivity (Wildman–Crippen MR) is 103 cm³/mol. The van der Waals surface area contributed by atoms with Crippen molar-refractivity contribution in [3.05, 3.63) is 89.5 Å². The smallest absolute Gasteiger partial charge is 0.128 e. The molecule has 124 valence electrons. The molecule has 1 unspecified atom stereocenters. The van der Waals surface area contributed by atoms with E-state index in [0.717, 1.165) is 16.3 Å². The average Bonchev–Trinajstić information content (AvgIpc) is 2.67. The first-order valence-electron chi connectivity index (χ1n) is 8.52. The predicted octanol–water partition coefficient (Wildman–Crippen LogP) is 5.34. The Morgan fingerprint density at radius 3 is 2.24 bits per heavy atom. The fraction of sp³-hybridized carbons (Fsp3) is 0.130. The number of hydrogen-bond acceptors (Lipinski definition) is 2. The van der Waals surface area contributed by atoms with Crippen LogP contribution in [0.25, 0.3) is 21.5 Å². The molecule has 0 aliphatic rings. The molecular weight excluding hydrogens is 308 g/mol. The first-order valence-corrected chi connectivity index (χ1v) is 8.52. The lowest BCUT2D eigenvalue weighted by atomic mass is 9.87. The maximum atomic E-state index is 10.4. The van der Waals surface area contributed by atoms with Gasteiger partial charge >= 0.3 is 0 Å². The Morgan fingerprint density at radius 1 is 0.800 bits per heavy atom. The third-order valence-electron chi connectivity index (χ3n) is 5.04. The van der Waals surface area contributed by atoms with Crippen molar-refractivity contribution in [2.45, 2.75) is 19.4 Å². The highest BCUT2D eigenvalue weighted by Crippen LogP contribution is 2.37. The lowest BCUT2D eigenvalue weighted by molar-refractivity contribution is 0.276. The quantitative estimate of drug-likeness (QED) is 0.533. The van der Waals surface area contributed by atoms with E-state index >= 15 is 0 Å². The number of rotatable bonds is 3. The molecule has 0 aliphatic heterocycles. The van der Waals surface area contributed by atoms with E-state index in [9.17, 15) is 10.2 Å². The second kappa shape index (κ2) is 6.23. The summed E-state index contributed by atoms with van der Waals surface area (Å²) in [6, 6.07) is 24.6. The van der Waals surface area contributed by atoms with E-state index in [2.05, 4.69) is 43.3 Å². The highest BCUT2D eigenvalue weighted by Gasteiger charge is 2.16. The molecule has 2 nitrogen and oxygen atoms in total. The van der Waals surface area contributed by atoms with Crippen LogP contribution in [0, 0.1) is 0 Å². The SMILES string of the molecule is CC(c1ccc2ccccc2c1)c1cc(CO)c(O)c2ccccc12. The number of fused-ring (bicyclic) bond motifs is 2. The van der Waals surface area contributed by atoms with Gasteiger partial charge in [0.15, 0.2) is 0 Å². The van der Waals surface area contributed by atoms with Crippen LogP contribution in [0.5, 0.6) is 5.75 Å². The molecule has 0 saturated heterocycles. The number of benzene rings is 4. The number of aromatic hydroxyl groups is 1. The van der Waals surface area contributed by atoms with Gasteiger partial charge in [0.05, 0.1) is 6.61 Å². The average molecular weight is 328 g/mol.